The van der Waals surface area contributed by atoms with Crippen LogP contribution in [0.3, 0.4) is 0 Å². The average molecular weight is 402 g/mol. The Hall–Kier alpha value is -0.544. The molecule has 2 atom stereocenters. The molecular weight excluding hydrogens is 379 g/mol. The van der Waals surface area contributed by atoms with Crippen LogP contribution in [0.4, 0.5) is 0 Å². The minimum atomic E-state index is -1.64. The number of carbonyl (C=O) groups excluding carboxylic acids is 1. The number of hydrogen-bond donors (Lipinski definition) is 0. The Morgan fingerprint density at radius 2 is 1.95 bits per heavy atom. The van der Waals surface area contributed by atoms with Crippen LogP contribution in [-0.4, -0.2) is 29.6 Å². The molecule has 0 heterocycles. The molecule has 0 aliphatic heterocycles. The summed E-state index contributed by atoms with van der Waals surface area (Å²) in [5.41, 5.74) is 0. The van der Waals surface area contributed by atoms with Crippen molar-refractivity contribution in [2.45, 2.75) is 43.7 Å². The van der Waals surface area contributed by atoms with Crippen LogP contribution in [0.2, 0.25) is 29.0 Å². The predicted molar refractivity (Wildman–Crippen MR) is 96.5 cm³/mol. The van der Waals surface area contributed by atoms with Crippen molar-refractivity contribution in [1.82, 2.24) is 0 Å². The van der Waals surface area contributed by atoms with E-state index in [0.717, 1.165) is 23.6 Å². The molecule has 0 bridgehead atoms. The molecule has 120 valence electrons. The van der Waals surface area contributed by atoms with Crippen LogP contribution in [0, 0.1) is 5.92 Å². The van der Waals surface area contributed by atoms with Crippen LogP contribution >= 0.6 is 11.6 Å². The molecule has 0 radical (unpaired) electrons. The van der Waals surface area contributed by atoms with Crippen molar-refractivity contribution in [3.63, 3.8) is 0 Å². The molecule has 1 aromatic rings. The maximum atomic E-state index is 12.0. The molecular formula is C17H23ClO2SeSi. The molecule has 1 aliphatic carbocycles. The molecule has 2 rings (SSSR count). The molecule has 1 aliphatic rings. The van der Waals surface area contributed by atoms with E-state index in [0.29, 0.717) is 5.92 Å². The van der Waals surface area contributed by atoms with E-state index in [-0.39, 0.29) is 19.3 Å². The second-order valence-electron chi connectivity index (χ2n) is 6.83. The predicted octanol–water partition coefficient (Wildman–Crippen LogP) is 4.19. The monoisotopic (exact) mass is 402 g/mol. The second kappa shape index (κ2) is 6.92. The summed E-state index contributed by atoms with van der Waals surface area (Å²) in [4.78, 5) is 12.0. The summed E-state index contributed by atoms with van der Waals surface area (Å²) in [5.74, 6) is 1.36. The van der Waals surface area contributed by atoms with Crippen LogP contribution in [0.15, 0.2) is 36.1 Å². The quantitative estimate of drug-likeness (QED) is 0.546. The molecule has 0 saturated carbocycles. The topological polar surface area (TPSA) is 26.3 Å². The number of rotatable bonds is 5. The second-order valence-corrected chi connectivity index (χ2v) is 14.7. The molecule has 2 nitrogen and oxygen atoms in total. The molecule has 0 saturated heterocycles. The average Bonchev–Trinajstić information content (AvgIpc) is 2.43. The van der Waals surface area contributed by atoms with Gasteiger partial charge in [0.25, 0.3) is 0 Å². The molecule has 0 fully saturated rings. The number of carbonyl (C=O) groups is 1. The zero-order valence-corrected chi connectivity index (χ0v) is 17.0. The molecule has 0 unspecified atom stereocenters. The van der Waals surface area contributed by atoms with Crippen LogP contribution in [-0.2, 0) is 9.22 Å². The molecule has 1 aromatic carbocycles. The zero-order chi connectivity index (χ0) is 16.4. The van der Waals surface area contributed by atoms with Crippen LogP contribution in [0.1, 0.15) is 19.8 Å². The normalized spacial score (nSPS) is 25.5. The summed E-state index contributed by atoms with van der Waals surface area (Å²) >= 11 is 6.03. The summed E-state index contributed by atoms with van der Waals surface area (Å²) < 4.78 is 7.07. The van der Waals surface area contributed by atoms with Gasteiger partial charge in [-0.15, -0.1) is 0 Å². The molecule has 5 heteroatoms. The van der Waals surface area contributed by atoms with E-state index in [9.17, 15) is 4.79 Å². The Morgan fingerprint density at radius 1 is 1.32 bits per heavy atom. The first kappa shape index (κ1) is 17.8. The van der Waals surface area contributed by atoms with Gasteiger partial charge >= 0.3 is 146 Å². The fourth-order valence-corrected chi connectivity index (χ4v) is 6.27. The van der Waals surface area contributed by atoms with Crippen LogP contribution in [0.25, 0.3) is 0 Å². The first-order valence-corrected chi connectivity index (χ1v) is 13.0. The summed E-state index contributed by atoms with van der Waals surface area (Å²) in [6.45, 7) is 8.71. The number of allylic oxidation sites excluding steroid dienone is 2. The van der Waals surface area contributed by atoms with E-state index in [1.165, 1.54) is 10.7 Å². The molecule has 0 spiro atoms. The van der Waals surface area contributed by atoms with Gasteiger partial charge in [-0.25, -0.2) is 0 Å². The van der Waals surface area contributed by atoms with Crippen molar-refractivity contribution >= 4 is 45.6 Å². The van der Waals surface area contributed by atoms with Gasteiger partial charge in [-0.3, -0.25) is 0 Å². The maximum absolute atomic E-state index is 12.0. The Morgan fingerprint density at radius 3 is 2.50 bits per heavy atom. The number of hydrogen-bond acceptors (Lipinski definition) is 2. The van der Waals surface area contributed by atoms with Gasteiger partial charge in [0.2, 0.25) is 0 Å². The Bertz CT molecular complexity index is 565. The summed E-state index contributed by atoms with van der Waals surface area (Å²) in [7, 11) is -1.64. The van der Waals surface area contributed by atoms with Gasteiger partial charge in [0.1, 0.15) is 0 Å². The Balaban J connectivity index is 2.22. The van der Waals surface area contributed by atoms with Crippen molar-refractivity contribution < 1.29 is 9.22 Å². The van der Waals surface area contributed by atoms with Gasteiger partial charge in [0.05, 0.1) is 0 Å². The minimum absolute atomic E-state index is 0.0705. The van der Waals surface area contributed by atoms with E-state index in [1.807, 2.05) is 24.3 Å². The first-order chi connectivity index (χ1) is 10.2. The van der Waals surface area contributed by atoms with Gasteiger partial charge in [-0.05, 0) is 0 Å². The fourth-order valence-electron chi connectivity index (χ4n) is 2.54. The van der Waals surface area contributed by atoms with Crippen LogP contribution in [0.5, 0.6) is 0 Å². The van der Waals surface area contributed by atoms with Crippen molar-refractivity contribution in [1.29, 1.82) is 0 Å². The number of halogens is 1. The first-order valence-electron chi connectivity index (χ1n) is 7.53. The van der Waals surface area contributed by atoms with Gasteiger partial charge in [0.15, 0.2) is 0 Å². The summed E-state index contributed by atoms with van der Waals surface area (Å²) in [5, 5.41) is 0.735. The molecule has 0 aromatic heterocycles. The van der Waals surface area contributed by atoms with E-state index >= 15 is 0 Å². The Labute approximate surface area is 145 Å². The van der Waals surface area contributed by atoms with Gasteiger partial charge in [-0.1, -0.05) is 0 Å². The van der Waals surface area contributed by atoms with Crippen molar-refractivity contribution in [2.75, 3.05) is 0 Å². The third kappa shape index (κ3) is 4.48. The van der Waals surface area contributed by atoms with Crippen molar-refractivity contribution in [2.24, 2.45) is 5.92 Å². The zero-order valence-electron chi connectivity index (χ0n) is 13.6. The summed E-state index contributed by atoms with van der Waals surface area (Å²) in [6, 6.07) is 7.88. The standard InChI is InChI=1S/C17H23ClO2SeSi/c1-13-5-8-15(20-22(2,3)4)11-17(13,12-19)21-16-9-6-14(18)7-10-16/h6-10,12-13H,5,11H2,1-4H3/t13-,17-/m0/s1. The molecule has 0 N–H and O–H groups in total. The van der Waals surface area contributed by atoms with E-state index in [4.69, 9.17) is 16.0 Å². The molecule has 22 heavy (non-hydrogen) atoms. The number of aldehydes is 1. The molecule has 0 amide bonds. The van der Waals surface area contributed by atoms with E-state index in [2.05, 4.69) is 32.6 Å². The summed E-state index contributed by atoms with van der Waals surface area (Å²) in [6.07, 6.45) is 4.99. The van der Waals surface area contributed by atoms with Gasteiger partial charge in [-0.2, -0.15) is 0 Å². The van der Waals surface area contributed by atoms with E-state index in [1.54, 1.807) is 0 Å². The van der Waals surface area contributed by atoms with Crippen molar-refractivity contribution in [3.8, 4) is 0 Å². The third-order valence-corrected chi connectivity index (χ3v) is 8.08. The van der Waals surface area contributed by atoms with Crippen LogP contribution < -0.4 is 4.46 Å². The van der Waals surface area contributed by atoms with Crippen molar-refractivity contribution in [3.05, 3.63) is 41.1 Å². The fraction of sp³-hybridized carbons (Fsp3) is 0.471. The van der Waals surface area contributed by atoms with E-state index < -0.39 is 8.32 Å². The SMILES string of the molecule is C[C@H]1CC=C(O[Si](C)(C)C)C[C@@]1(C=O)[Se]c1ccc(Cl)cc1. The third-order valence-electron chi connectivity index (χ3n) is 3.74. The number of benzene rings is 1. The van der Waals surface area contributed by atoms with Gasteiger partial charge in [0, 0.05) is 0 Å². The van der Waals surface area contributed by atoms with Gasteiger partial charge < -0.3 is 0 Å². The Kier molecular flexibility index (Phi) is 5.60.